The lowest BCUT2D eigenvalue weighted by atomic mass is 9.70. The fourth-order valence-corrected chi connectivity index (χ4v) is 3.66. The molecule has 0 aromatic heterocycles. The van der Waals surface area contributed by atoms with Gasteiger partial charge in [-0.15, -0.1) is 0 Å². The van der Waals surface area contributed by atoms with E-state index >= 15 is 0 Å². The van der Waals surface area contributed by atoms with Gasteiger partial charge < -0.3 is 10.2 Å². The van der Waals surface area contributed by atoms with Gasteiger partial charge in [-0.25, -0.2) is 0 Å². The van der Waals surface area contributed by atoms with Gasteiger partial charge in [0.15, 0.2) is 0 Å². The quantitative estimate of drug-likeness (QED) is 0.867. The Hall–Kier alpha value is -1.18. The maximum Gasteiger partial charge on any atom is 0.0596 e. The minimum atomic E-state index is 0.461. The first kappa shape index (κ1) is 14.2. The minimum Gasteiger partial charge on any atom is -0.381 e. The molecule has 1 aromatic carbocycles. The van der Waals surface area contributed by atoms with Gasteiger partial charge in [0.25, 0.3) is 0 Å². The predicted octanol–water partition coefficient (Wildman–Crippen LogP) is 4.38. The summed E-state index contributed by atoms with van der Waals surface area (Å²) in [5.74, 6) is 0.813. The SMILES string of the molecule is CC1CC(Nc2ccccc2N(C)C)CC(C)(C)C1. The molecule has 106 valence electrons. The molecule has 19 heavy (non-hydrogen) atoms. The first-order valence-corrected chi connectivity index (χ1v) is 7.40. The number of hydrogen-bond acceptors (Lipinski definition) is 2. The van der Waals surface area contributed by atoms with E-state index in [0.717, 1.165) is 5.92 Å². The molecule has 2 nitrogen and oxygen atoms in total. The summed E-state index contributed by atoms with van der Waals surface area (Å²) >= 11 is 0. The molecule has 0 heterocycles. The summed E-state index contributed by atoms with van der Waals surface area (Å²) in [4.78, 5) is 2.18. The van der Waals surface area contributed by atoms with Crippen molar-refractivity contribution in [2.75, 3.05) is 24.3 Å². The van der Waals surface area contributed by atoms with Gasteiger partial charge in [-0.3, -0.25) is 0 Å². The van der Waals surface area contributed by atoms with Gasteiger partial charge in [-0.2, -0.15) is 0 Å². The number of rotatable bonds is 3. The fourth-order valence-electron chi connectivity index (χ4n) is 3.66. The van der Waals surface area contributed by atoms with Crippen LogP contribution in [0.3, 0.4) is 0 Å². The van der Waals surface area contributed by atoms with Crippen molar-refractivity contribution in [2.24, 2.45) is 11.3 Å². The number of hydrogen-bond donors (Lipinski definition) is 1. The Balaban J connectivity index is 2.13. The summed E-state index contributed by atoms with van der Waals surface area (Å²) in [7, 11) is 4.21. The Labute approximate surface area is 118 Å². The highest BCUT2D eigenvalue weighted by Gasteiger charge is 2.32. The van der Waals surface area contributed by atoms with Crippen LogP contribution in [0.1, 0.15) is 40.0 Å². The van der Waals surface area contributed by atoms with Gasteiger partial charge in [0, 0.05) is 20.1 Å². The molecule has 2 atom stereocenters. The summed E-state index contributed by atoms with van der Waals surface area (Å²) in [6, 6.07) is 9.20. The van der Waals surface area contributed by atoms with E-state index in [0.29, 0.717) is 11.5 Å². The highest BCUT2D eigenvalue weighted by Crippen LogP contribution is 2.40. The molecule has 1 saturated carbocycles. The highest BCUT2D eigenvalue weighted by atomic mass is 15.1. The van der Waals surface area contributed by atoms with Gasteiger partial charge in [0.05, 0.1) is 11.4 Å². The molecule has 1 aromatic rings. The fraction of sp³-hybridized carbons (Fsp3) is 0.647. The van der Waals surface area contributed by atoms with Crippen LogP contribution in [0.15, 0.2) is 24.3 Å². The Morgan fingerprint density at radius 3 is 2.47 bits per heavy atom. The van der Waals surface area contributed by atoms with Crippen molar-refractivity contribution in [2.45, 2.75) is 46.1 Å². The van der Waals surface area contributed by atoms with E-state index in [4.69, 9.17) is 0 Å². The van der Waals surface area contributed by atoms with Crippen LogP contribution in [0.2, 0.25) is 0 Å². The highest BCUT2D eigenvalue weighted by molar-refractivity contribution is 5.69. The lowest BCUT2D eigenvalue weighted by Crippen LogP contribution is -2.35. The van der Waals surface area contributed by atoms with E-state index in [-0.39, 0.29) is 0 Å². The topological polar surface area (TPSA) is 15.3 Å². The Morgan fingerprint density at radius 1 is 1.16 bits per heavy atom. The van der Waals surface area contributed by atoms with Crippen LogP contribution < -0.4 is 10.2 Å². The van der Waals surface area contributed by atoms with Crippen LogP contribution in [-0.2, 0) is 0 Å². The normalized spacial score (nSPS) is 25.9. The van der Waals surface area contributed by atoms with Crippen LogP contribution in [0.4, 0.5) is 11.4 Å². The lowest BCUT2D eigenvalue weighted by molar-refractivity contribution is 0.178. The molecule has 0 aliphatic heterocycles. The Morgan fingerprint density at radius 2 is 1.84 bits per heavy atom. The molecule has 2 heteroatoms. The Kier molecular flexibility index (Phi) is 4.07. The van der Waals surface area contributed by atoms with Crippen molar-refractivity contribution in [3.8, 4) is 0 Å². The first-order valence-electron chi connectivity index (χ1n) is 7.40. The van der Waals surface area contributed by atoms with Crippen LogP contribution in [-0.4, -0.2) is 20.1 Å². The van der Waals surface area contributed by atoms with Crippen molar-refractivity contribution < 1.29 is 0 Å². The number of nitrogens with one attached hydrogen (secondary N) is 1. The van der Waals surface area contributed by atoms with Crippen molar-refractivity contribution in [3.63, 3.8) is 0 Å². The monoisotopic (exact) mass is 260 g/mol. The average molecular weight is 260 g/mol. The van der Waals surface area contributed by atoms with Crippen molar-refractivity contribution >= 4 is 11.4 Å². The lowest BCUT2D eigenvalue weighted by Gasteiger charge is -2.40. The second-order valence-corrected chi connectivity index (χ2v) is 7.17. The maximum atomic E-state index is 3.78. The molecular formula is C17H28N2. The van der Waals surface area contributed by atoms with Gasteiger partial charge in [0.2, 0.25) is 0 Å². The molecule has 0 bridgehead atoms. The molecule has 1 aliphatic carbocycles. The predicted molar refractivity (Wildman–Crippen MR) is 85.0 cm³/mol. The second-order valence-electron chi connectivity index (χ2n) is 7.17. The van der Waals surface area contributed by atoms with Crippen molar-refractivity contribution in [1.29, 1.82) is 0 Å². The van der Waals surface area contributed by atoms with Gasteiger partial charge in [-0.05, 0) is 42.7 Å². The Bertz CT molecular complexity index is 423. The van der Waals surface area contributed by atoms with Crippen molar-refractivity contribution in [3.05, 3.63) is 24.3 Å². The van der Waals surface area contributed by atoms with E-state index in [9.17, 15) is 0 Å². The first-order chi connectivity index (χ1) is 8.87. The second kappa shape index (κ2) is 5.44. The van der Waals surface area contributed by atoms with Crippen LogP contribution in [0.25, 0.3) is 0 Å². The number of benzene rings is 1. The van der Waals surface area contributed by atoms with Gasteiger partial charge in [0.1, 0.15) is 0 Å². The van der Waals surface area contributed by atoms with Gasteiger partial charge >= 0.3 is 0 Å². The summed E-state index contributed by atoms with van der Waals surface area (Å²) in [6.07, 6.45) is 3.89. The van der Waals surface area contributed by atoms with E-state index in [1.165, 1.54) is 30.6 Å². The number of nitrogens with zero attached hydrogens (tertiary/aromatic N) is 1. The molecular weight excluding hydrogens is 232 g/mol. The average Bonchev–Trinajstić information content (AvgIpc) is 2.26. The third-order valence-electron chi connectivity index (χ3n) is 4.13. The molecule has 2 unspecified atom stereocenters. The molecule has 1 N–H and O–H groups in total. The minimum absolute atomic E-state index is 0.461. The van der Waals surface area contributed by atoms with E-state index < -0.39 is 0 Å². The molecule has 0 saturated heterocycles. The van der Waals surface area contributed by atoms with Crippen LogP contribution in [0.5, 0.6) is 0 Å². The molecule has 1 fully saturated rings. The third kappa shape index (κ3) is 3.65. The summed E-state index contributed by atoms with van der Waals surface area (Å²) in [5.41, 5.74) is 3.00. The van der Waals surface area contributed by atoms with Gasteiger partial charge in [-0.1, -0.05) is 32.9 Å². The zero-order valence-corrected chi connectivity index (χ0v) is 13.0. The van der Waals surface area contributed by atoms with E-state index in [1.54, 1.807) is 0 Å². The summed E-state index contributed by atoms with van der Waals surface area (Å²) in [6.45, 7) is 7.18. The molecule has 1 aliphatic rings. The zero-order chi connectivity index (χ0) is 14.0. The number of anilines is 2. The van der Waals surface area contributed by atoms with E-state index in [1.807, 2.05) is 0 Å². The molecule has 0 radical (unpaired) electrons. The standard InChI is InChI=1S/C17H28N2/c1-13-10-14(12-17(2,3)11-13)18-15-8-6-7-9-16(15)19(4)5/h6-9,13-14,18H,10-12H2,1-5H3. The largest absolute Gasteiger partial charge is 0.381 e. The summed E-state index contributed by atoms with van der Waals surface area (Å²) in [5, 5.41) is 3.78. The van der Waals surface area contributed by atoms with Crippen LogP contribution in [0, 0.1) is 11.3 Å². The zero-order valence-electron chi connectivity index (χ0n) is 13.0. The molecule has 2 rings (SSSR count). The smallest absolute Gasteiger partial charge is 0.0596 e. The van der Waals surface area contributed by atoms with E-state index in [2.05, 4.69) is 69.3 Å². The maximum absolute atomic E-state index is 3.78. The molecule has 0 amide bonds. The number of para-hydroxylation sites is 2. The molecule has 0 spiro atoms. The van der Waals surface area contributed by atoms with Crippen LogP contribution >= 0.6 is 0 Å². The van der Waals surface area contributed by atoms with Crippen molar-refractivity contribution in [1.82, 2.24) is 0 Å². The summed E-state index contributed by atoms with van der Waals surface area (Å²) < 4.78 is 0. The third-order valence-corrected chi connectivity index (χ3v) is 4.13.